The number of carbonyl (C=O) groups is 3. The van der Waals surface area contributed by atoms with Gasteiger partial charge in [-0.15, -0.1) is 6.58 Å². The van der Waals surface area contributed by atoms with Crippen LogP contribution in [0.2, 0.25) is 0 Å². The lowest BCUT2D eigenvalue weighted by Crippen LogP contribution is -2.56. The van der Waals surface area contributed by atoms with Gasteiger partial charge in [0.25, 0.3) is 5.91 Å². The molecule has 1 aromatic rings. The number of amides is 2. The molecule has 3 heterocycles. The molecule has 2 unspecified atom stereocenters. The van der Waals surface area contributed by atoms with Crippen molar-refractivity contribution in [1.29, 1.82) is 0 Å². The molecule has 2 amide bonds. The predicted octanol–water partition coefficient (Wildman–Crippen LogP) is 2.53. The molecule has 3 aliphatic rings. The van der Waals surface area contributed by atoms with Gasteiger partial charge in [0.15, 0.2) is 0 Å². The SMILES string of the molecule is C=CCN(C(=O)C1N(CCCO)C(=O)[C@@H]2[C@@H](C(=O)OCC)[C@@]3(C)CCC12O3)c1cc(C)ccc1C. The van der Waals surface area contributed by atoms with Gasteiger partial charge in [0.1, 0.15) is 17.6 Å². The van der Waals surface area contributed by atoms with Crippen molar-refractivity contribution >= 4 is 23.5 Å². The number of ether oxygens (including phenoxy) is 2. The van der Waals surface area contributed by atoms with Crippen LogP contribution in [0, 0.1) is 25.7 Å². The summed E-state index contributed by atoms with van der Waals surface area (Å²) in [7, 11) is 0. The first-order chi connectivity index (χ1) is 16.6. The number of aliphatic hydroxyl groups excluding tert-OH is 1. The highest BCUT2D eigenvalue weighted by molar-refractivity contribution is 6.05. The van der Waals surface area contributed by atoms with Crippen molar-refractivity contribution in [2.75, 3.05) is 31.2 Å². The first kappa shape index (κ1) is 25.4. The van der Waals surface area contributed by atoms with E-state index in [1.54, 1.807) is 17.9 Å². The number of fused-ring (bicyclic) bond motifs is 1. The van der Waals surface area contributed by atoms with Crippen LogP contribution in [-0.2, 0) is 23.9 Å². The second-order valence-electron chi connectivity index (χ2n) is 10.1. The number of esters is 1. The van der Waals surface area contributed by atoms with E-state index in [0.717, 1.165) is 16.8 Å². The number of anilines is 1. The Balaban J connectivity index is 1.81. The number of nitrogens with zero attached hydrogens (tertiary/aromatic N) is 2. The fourth-order valence-corrected chi connectivity index (χ4v) is 6.37. The normalized spacial score (nSPS) is 30.9. The molecule has 8 heteroatoms. The van der Waals surface area contributed by atoms with Crippen LogP contribution in [0.3, 0.4) is 0 Å². The van der Waals surface area contributed by atoms with Gasteiger partial charge in [-0.2, -0.15) is 0 Å². The van der Waals surface area contributed by atoms with Crippen molar-refractivity contribution in [3.05, 3.63) is 42.0 Å². The van der Waals surface area contributed by atoms with E-state index in [0.29, 0.717) is 19.3 Å². The summed E-state index contributed by atoms with van der Waals surface area (Å²) in [6.07, 6.45) is 3.04. The van der Waals surface area contributed by atoms with Crippen LogP contribution < -0.4 is 4.90 Å². The second-order valence-corrected chi connectivity index (χ2v) is 10.1. The topological polar surface area (TPSA) is 96.4 Å². The average Bonchev–Trinajstić information content (AvgIpc) is 3.38. The van der Waals surface area contributed by atoms with Gasteiger partial charge < -0.3 is 24.4 Å². The zero-order valence-corrected chi connectivity index (χ0v) is 21.1. The van der Waals surface area contributed by atoms with E-state index < -0.39 is 35.0 Å². The van der Waals surface area contributed by atoms with Crippen molar-refractivity contribution in [2.24, 2.45) is 11.8 Å². The molecule has 3 fully saturated rings. The van der Waals surface area contributed by atoms with Crippen LogP contribution in [0.25, 0.3) is 0 Å². The largest absolute Gasteiger partial charge is 0.466 e. The second kappa shape index (κ2) is 9.39. The molecule has 3 aliphatic heterocycles. The van der Waals surface area contributed by atoms with Gasteiger partial charge in [-0.05, 0) is 64.2 Å². The van der Waals surface area contributed by atoms with Crippen molar-refractivity contribution < 1.29 is 29.0 Å². The summed E-state index contributed by atoms with van der Waals surface area (Å²) in [6.45, 7) is 11.9. The smallest absolute Gasteiger partial charge is 0.312 e. The van der Waals surface area contributed by atoms with Crippen molar-refractivity contribution in [1.82, 2.24) is 4.90 Å². The van der Waals surface area contributed by atoms with E-state index in [2.05, 4.69) is 6.58 Å². The number of rotatable bonds is 9. The van der Waals surface area contributed by atoms with Gasteiger partial charge in [-0.25, -0.2) is 0 Å². The molecule has 1 aromatic carbocycles. The van der Waals surface area contributed by atoms with Gasteiger partial charge in [-0.1, -0.05) is 18.2 Å². The van der Waals surface area contributed by atoms with Crippen molar-refractivity contribution in [3.8, 4) is 0 Å². The summed E-state index contributed by atoms with van der Waals surface area (Å²) in [4.78, 5) is 44.5. The van der Waals surface area contributed by atoms with E-state index in [9.17, 15) is 19.5 Å². The molecule has 35 heavy (non-hydrogen) atoms. The van der Waals surface area contributed by atoms with Gasteiger partial charge in [0.05, 0.1) is 18.1 Å². The molecule has 1 N–H and O–H groups in total. The summed E-state index contributed by atoms with van der Waals surface area (Å²) < 4.78 is 11.9. The molecule has 8 nitrogen and oxygen atoms in total. The van der Waals surface area contributed by atoms with E-state index in [-0.39, 0.29) is 38.1 Å². The highest BCUT2D eigenvalue weighted by Crippen LogP contribution is 2.63. The van der Waals surface area contributed by atoms with Gasteiger partial charge in [-0.3, -0.25) is 14.4 Å². The molecule has 0 aromatic heterocycles. The lowest BCUT2D eigenvalue weighted by atomic mass is 9.66. The summed E-state index contributed by atoms with van der Waals surface area (Å²) in [5.41, 5.74) is 0.712. The predicted molar refractivity (Wildman–Crippen MR) is 131 cm³/mol. The van der Waals surface area contributed by atoms with Gasteiger partial charge in [0, 0.05) is 25.4 Å². The van der Waals surface area contributed by atoms with E-state index in [1.165, 1.54) is 4.90 Å². The highest BCUT2D eigenvalue weighted by Gasteiger charge is 2.78. The molecule has 5 atom stereocenters. The molecule has 3 saturated heterocycles. The molecule has 4 rings (SSSR count). The molecular weight excluding hydrogens is 448 g/mol. The minimum Gasteiger partial charge on any atom is -0.466 e. The van der Waals surface area contributed by atoms with E-state index >= 15 is 0 Å². The quantitative estimate of drug-likeness (QED) is 0.428. The first-order valence-electron chi connectivity index (χ1n) is 12.4. The number of carbonyl (C=O) groups excluding carboxylic acids is 3. The van der Waals surface area contributed by atoms with Crippen LogP contribution in [0.4, 0.5) is 5.69 Å². The maximum Gasteiger partial charge on any atom is 0.312 e. The van der Waals surface area contributed by atoms with Crippen molar-refractivity contribution in [3.63, 3.8) is 0 Å². The third-order valence-electron chi connectivity index (χ3n) is 7.84. The maximum atomic E-state index is 14.4. The minimum absolute atomic E-state index is 0.115. The third-order valence-corrected chi connectivity index (χ3v) is 7.84. The Kier molecular flexibility index (Phi) is 6.81. The summed E-state index contributed by atoms with van der Waals surface area (Å²) in [5, 5.41) is 9.51. The standard InChI is InChI=1S/C27H36N2O6/c1-6-13-28(19-16-17(3)9-10-18(19)4)24(32)22-27-12-11-26(5,35-27)21(25(33)34-7-2)20(27)23(31)29(22)14-8-15-30/h6,9-10,16,20-22,30H,1,7-8,11-15H2,2-5H3/t20-,21-,22?,26+,27?/m0/s1. The number of likely N-dealkylation sites (tertiary alicyclic amines) is 1. The molecule has 190 valence electrons. The first-order valence-corrected chi connectivity index (χ1v) is 12.4. The highest BCUT2D eigenvalue weighted by atomic mass is 16.6. The molecular formula is C27H36N2O6. The minimum atomic E-state index is -1.12. The fourth-order valence-electron chi connectivity index (χ4n) is 6.37. The lowest BCUT2D eigenvalue weighted by molar-refractivity contribution is -0.159. The maximum absolute atomic E-state index is 14.4. The monoisotopic (exact) mass is 484 g/mol. The fraction of sp³-hybridized carbons (Fsp3) is 0.593. The zero-order valence-electron chi connectivity index (χ0n) is 21.1. The Morgan fingerprint density at radius 3 is 2.74 bits per heavy atom. The molecule has 0 radical (unpaired) electrons. The molecule has 0 saturated carbocycles. The third kappa shape index (κ3) is 3.87. The Labute approximate surface area is 206 Å². The Hall–Kier alpha value is -2.71. The average molecular weight is 485 g/mol. The molecule has 2 bridgehead atoms. The number of aliphatic hydroxyl groups is 1. The van der Waals surface area contributed by atoms with Crippen LogP contribution in [-0.4, -0.2) is 71.3 Å². The van der Waals surface area contributed by atoms with E-state index in [4.69, 9.17) is 9.47 Å². The zero-order chi connectivity index (χ0) is 25.5. The number of benzene rings is 1. The van der Waals surface area contributed by atoms with Crippen molar-refractivity contribution in [2.45, 2.75) is 64.2 Å². The summed E-state index contributed by atoms with van der Waals surface area (Å²) in [5.74, 6) is -2.56. The Morgan fingerprint density at radius 2 is 2.09 bits per heavy atom. The number of hydrogen-bond donors (Lipinski definition) is 1. The van der Waals surface area contributed by atoms with Crippen LogP contribution in [0.5, 0.6) is 0 Å². The number of hydrogen-bond acceptors (Lipinski definition) is 6. The van der Waals surface area contributed by atoms with Gasteiger partial charge in [0.2, 0.25) is 5.91 Å². The molecule has 1 spiro atoms. The van der Waals surface area contributed by atoms with Crippen LogP contribution in [0.1, 0.15) is 44.2 Å². The van der Waals surface area contributed by atoms with Crippen LogP contribution in [0.15, 0.2) is 30.9 Å². The number of aryl methyl sites for hydroxylation is 2. The van der Waals surface area contributed by atoms with Gasteiger partial charge >= 0.3 is 5.97 Å². The van der Waals surface area contributed by atoms with E-state index in [1.807, 2.05) is 39.0 Å². The summed E-state index contributed by atoms with van der Waals surface area (Å²) in [6, 6.07) is 5.00. The molecule has 0 aliphatic carbocycles. The Morgan fingerprint density at radius 1 is 1.34 bits per heavy atom. The summed E-state index contributed by atoms with van der Waals surface area (Å²) >= 11 is 0. The Bertz CT molecular complexity index is 1040. The van der Waals surface area contributed by atoms with Crippen LogP contribution >= 0.6 is 0 Å². The lowest BCUT2D eigenvalue weighted by Gasteiger charge is -2.37.